The zero-order valence-electron chi connectivity index (χ0n) is 12.3. The molecule has 0 atom stereocenters. The van der Waals surface area contributed by atoms with Gasteiger partial charge in [0.2, 0.25) is 0 Å². The summed E-state index contributed by atoms with van der Waals surface area (Å²) in [5, 5.41) is 3.53. The summed E-state index contributed by atoms with van der Waals surface area (Å²) < 4.78 is 5.31. The number of ether oxygens (including phenoxy) is 1. The summed E-state index contributed by atoms with van der Waals surface area (Å²) in [4.78, 5) is 7.08. The van der Waals surface area contributed by atoms with Crippen LogP contribution in [0.25, 0.3) is 0 Å². The Labute approximate surface area is 116 Å². The van der Waals surface area contributed by atoms with Crippen molar-refractivity contribution in [3.05, 3.63) is 23.5 Å². The van der Waals surface area contributed by atoms with Gasteiger partial charge in [-0.05, 0) is 26.3 Å². The number of hydrogen-bond acceptors (Lipinski definition) is 4. The summed E-state index contributed by atoms with van der Waals surface area (Å²) in [6, 6.07) is 4.71. The van der Waals surface area contributed by atoms with Crippen molar-refractivity contribution in [1.82, 2.24) is 15.2 Å². The SMILES string of the molecule is CCNC1CCN(Cc2cc(OC)cc(C)n2)CC1. The van der Waals surface area contributed by atoms with Crippen molar-refractivity contribution in [2.24, 2.45) is 0 Å². The van der Waals surface area contributed by atoms with Gasteiger partial charge < -0.3 is 10.1 Å². The third kappa shape index (κ3) is 4.18. The van der Waals surface area contributed by atoms with Crippen LogP contribution in [-0.2, 0) is 6.54 Å². The number of nitrogens with zero attached hydrogens (tertiary/aromatic N) is 2. The summed E-state index contributed by atoms with van der Waals surface area (Å²) in [5.41, 5.74) is 2.13. The molecule has 1 aliphatic heterocycles. The summed E-state index contributed by atoms with van der Waals surface area (Å²) in [6.07, 6.45) is 2.47. The monoisotopic (exact) mass is 263 g/mol. The number of likely N-dealkylation sites (tertiary alicyclic amines) is 1. The Morgan fingerprint density at radius 3 is 2.74 bits per heavy atom. The summed E-state index contributed by atoms with van der Waals surface area (Å²) >= 11 is 0. The molecule has 0 radical (unpaired) electrons. The fourth-order valence-electron chi connectivity index (χ4n) is 2.71. The van der Waals surface area contributed by atoms with Crippen LogP contribution in [0.15, 0.2) is 12.1 Å². The van der Waals surface area contributed by atoms with Crippen LogP contribution in [0.4, 0.5) is 0 Å². The van der Waals surface area contributed by atoms with Crippen LogP contribution in [0.2, 0.25) is 0 Å². The van der Waals surface area contributed by atoms with Gasteiger partial charge in [-0.1, -0.05) is 6.92 Å². The Kier molecular flexibility index (Phi) is 5.16. The molecule has 0 amide bonds. The van der Waals surface area contributed by atoms with Crippen molar-refractivity contribution < 1.29 is 4.74 Å². The first-order valence-electron chi connectivity index (χ1n) is 7.18. The minimum atomic E-state index is 0.696. The Hall–Kier alpha value is -1.13. The zero-order chi connectivity index (χ0) is 13.7. The standard InChI is InChI=1S/C15H25N3O/c1-4-16-13-5-7-18(8-6-13)11-14-10-15(19-3)9-12(2)17-14/h9-10,13,16H,4-8,11H2,1-3H3. The molecule has 0 unspecified atom stereocenters. The van der Waals surface area contributed by atoms with E-state index in [1.807, 2.05) is 19.1 Å². The number of aryl methyl sites for hydroxylation is 1. The average Bonchev–Trinajstić information content (AvgIpc) is 2.40. The van der Waals surface area contributed by atoms with Gasteiger partial charge in [0.05, 0.1) is 12.8 Å². The summed E-state index contributed by atoms with van der Waals surface area (Å²) in [5.74, 6) is 0.907. The molecule has 2 heterocycles. The van der Waals surface area contributed by atoms with Crippen molar-refractivity contribution in [2.45, 2.75) is 39.3 Å². The lowest BCUT2D eigenvalue weighted by molar-refractivity contribution is 0.189. The van der Waals surface area contributed by atoms with Crippen LogP contribution < -0.4 is 10.1 Å². The molecule has 0 aliphatic carbocycles. The highest BCUT2D eigenvalue weighted by molar-refractivity contribution is 5.26. The van der Waals surface area contributed by atoms with Crippen molar-refractivity contribution in [3.8, 4) is 5.75 Å². The molecule has 1 aromatic heterocycles. The first kappa shape index (κ1) is 14.3. The van der Waals surface area contributed by atoms with Crippen molar-refractivity contribution in [1.29, 1.82) is 0 Å². The van der Waals surface area contributed by atoms with Crippen molar-refractivity contribution >= 4 is 0 Å². The second-order valence-corrected chi connectivity index (χ2v) is 5.25. The second-order valence-electron chi connectivity index (χ2n) is 5.25. The maximum Gasteiger partial charge on any atom is 0.122 e. The first-order chi connectivity index (χ1) is 9.21. The minimum absolute atomic E-state index is 0.696. The molecule has 1 aliphatic rings. The third-order valence-corrected chi connectivity index (χ3v) is 3.68. The molecule has 2 rings (SSSR count). The predicted molar refractivity (Wildman–Crippen MR) is 77.5 cm³/mol. The normalized spacial score (nSPS) is 17.6. The number of rotatable bonds is 5. The van der Waals surface area contributed by atoms with Crippen LogP contribution in [0.3, 0.4) is 0 Å². The van der Waals surface area contributed by atoms with E-state index in [0.29, 0.717) is 6.04 Å². The number of pyridine rings is 1. The molecule has 0 spiro atoms. The third-order valence-electron chi connectivity index (χ3n) is 3.68. The van der Waals surface area contributed by atoms with Gasteiger partial charge in [-0.2, -0.15) is 0 Å². The molecule has 1 N–H and O–H groups in total. The number of nitrogens with one attached hydrogen (secondary N) is 1. The minimum Gasteiger partial charge on any atom is -0.497 e. The molecule has 4 heteroatoms. The quantitative estimate of drug-likeness (QED) is 0.881. The Bertz CT molecular complexity index is 400. The summed E-state index contributed by atoms with van der Waals surface area (Å²) in [7, 11) is 1.71. The van der Waals surface area contributed by atoms with E-state index in [1.54, 1.807) is 7.11 Å². The fourth-order valence-corrected chi connectivity index (χ4v) is 2.71. The first-order valence-corrected chi connectivity index (χ1v) is 7.18. The molecular formula is C15H25N3O. The second kappa shape index (κ2) is 6.87. The lowest BCUT2D eigenvalue weighted by Crippen LogP contribution is -2.42. The van der Waals surface area contributed by atoms with Crippen LogP contribution in [0, 0.1) is 6.92 Å². The topological polar surface area (TPSA) is 37.4 Å². The smallest absolute Gasteiger partial charge is 0.122 e. The highest BCUT2D eigenvalue weighted by atomic mass is 16.5. The number of methoxy groups -OCH3 is 1. The molecule has 1 aromatic rings. The molecule has 4 nitrogen and oxygen atoms in total. The van der Waals surface area contributed by atoms with E-state index >= 15 is 0 Å². The van der Waals surface area contributed by atoms with E-state index in [-0.39, 0.29) is 0 Å². The van der Waals surface area contributed by atoms with Crippen molar-refractivity contribution in [2.75, 3.05) is 26.7 Å². The van der Waals surface area contributed by atoms with E-state index in [2.05, 4.69) is 22.1 Å². The lowest BCUT2D eigenvalue weighted by atomic mass is 10.0. The van der Waals surface area contributed by atoms with Gasteiger partial charge >= 0.3 is 0 Å². The Morgan fingerprint density at radius 2 is 2.11 bits per heavy atom. The number of piperidine rings is 1. The maximum atomic E-state index is 5.31. The van der Waals surface area contributed by atoms with Gasteiger partial charge in [0, 0.05) is 43.5 Å². The van der Waals surface area contributed by atoms with Crippen molar-refractivity contribution in [3.63, 3.8) is 0 Å². The predicted octanol–water partition coefficient (Wildman–Crippen LogP) is 1.97. The van der Waals surface area contributed by atoms with E-state index in [4.69, 9.17) is 4.74 Å². The van der Waals surface area contributed by atoms with Crippen LogP contribution >= 0.6 is 0 Å². The van der Waals surface area contributed by atoms with Gasteiger partial charge in [-0.3, -0.25) is 9.88 Å². The van der Waals surface area contributed by atoms with Crippen LogP contribution in [0.5, 0.6) is 5.75 Å². The van der Waals surface area contributed by atoms with E-state index in [9.17, 15) is 0 Å². The Morgan fingerprint density at radius 1 is 1.37 bits per heavy atom. The molecule has 0 saturated carbocycles. The zero-order valence-corrected chi connectivity index (χ0v) is 12.3. The largest absolute Gasteiger partial charge is 0.497 e. The molecule has 19 heavy (non-hydrogen) atoms. The molecule has 0 bridgehead atoms. The van der Waals surface area contributed by atoms with Gasteiger partial charge in [0.1, 0.15) is 5.75 Å². The molecule has 1 fully saturated rings. The van der Waals surface area contributed by atoms with Crippen LogP contribution in [0.1, 0.15) is 31.2 Å². The van der Waals surface area contributed by atoms with Crippen LogP contribution in [-0.4, -0.2) is 42.7 Å². The molecular weight excluding hydrogens is 238 g/mol. The van der Waals surface area contributed by atoms with Gasteiger partial charge in [0.25, 0.3) is 0 Å². The molecule has 0 aromatic carbocycles. The average molecular weight is 263 g/mol. The van der Waals surface area contributed by atoms with E-state index in [1.165, 1.54) is 12.8 Å². The number of hydrogen-bond donors (Lipinski definition) is 1. The summed E-state index contributed by atoms with van der Waals surface area (Å²) in [6.45, 7) is 8.49. The highest BCUT2D eigenvalue weighted by Gasteiger charge is 2.18. The molecule has 106 valence electrons. The lowest BCUT2D eigenvalue weighted by Gasteiger charge is -2.32. The van der Waals surface area contributed by atoms with E-state index < -0.39 is 0 Å². The number of aromatic nitrogens is 1. The highest BCUT2D eigenvalue weighted by Crippen LogP contribution is 2.17. The molecule has 1 saturated heterocycles. The van der Waals surface area contributed by atoms with Gasteiger partial charge in [-0.25, -0.2) is 0 Å². The van der Waals surface area contributed by atoms with E-state index in [0.717, 1.165) is 43.3 Å². The van der Waals surface area contributed by atoms with Gasteiger partial charge in [-0.15, -0.1) is 0 Å². The van der Waals surface area contributed by atoms with Gasteiger partial charge in [0.15, 0.2) is 0 Å². The fraction of sp³-hybridized carbons (Fsp3) is 0.667. The maximum absolute atomic E-state index is 5.31. The Balaban J connectivity index is 1.90.